The van der Waals surface area contributed by atoms with Crippen molar-refractivity contribution in [2.45, 2.75) is 27.7 Å². The molecule has 0 aromatic carbocycles. The normalized spacial score (nSPS) is 10.0. The molecule has 1 radical (unpaired) electrons. The van der Waals surface area contributed by atoms with Crippen molar-refractivity contribution in [3.8, 4) is 0 Å². The number of hydrogen-bond donors (Lipinski definition) is 0. The molecule has 0 bridgehead atoms. The van der Waals surface area contributed by atoms with E-state index in [-0.39, 0.29) is 17.1 Å². The Morgan fingerprint density at radius 3 is 0.786 bits per heavy atom. The summed E-state index contributed by atoms with van der Waals surface area (Å²) in [7, 11) is 0. The van der Waals surface area contributed by atoms with Crippen molar-refractivity contribution >= 4 is 23.1 Å². The molecule has 0 amide bonds. The maximum absolute atomic E-state index is 11.1. The van der Waals surface area contributed by atoms with Crippen LogP contribution in [0.1, 0.15) is 27.7 Å². The van der Waals surface area contributed by atoms with Gasteiger partial charge in [0.05, 0.1) is 0 Å². The van der Waals surface area contributed by atoms with Crippen molar-refractivity contribution in [3.63, 3.8) is 0 Å². The van der Waals surface area contributed by atoms with Crippen LogP contribution in [0.3, 0.4) is 0 Å². The van der Waals surface area contributed by atoms with Crippen LogP contribution in [-0.2, 0) is 36.2 Å². The number of hydrogen-bond acceptors (Lipinski definition) is 4. The molecule has 0 aromatic rings. The molecule has 14 heavy (non-hydrogen) atoms. The molecule has 0 unspecified atom stereocenters. The Morgan fingerprint density at radius 2 is 0.786 bits per heavy atom. The van der Waals surface area contributed by atoms with E-state index in [9.17, 15) is 19.2 Å². The summed E-state index contributed by atoms with van der Waals surface area (Å²) in [6.07, 6.45) is 0. The van der Waals surface area contributed by atoms with E-state index in [0.717, 1.165) is 27.7 Å². The summed E-state index contributed by atoms with van der Waals surface area (Å²) in [4.78, 5) is 44.5. The molecule has 0 aromatic heterocycles. The van der Waals surface area contributed by atoms with Gasteiger partial charge in [-0.15, -0.1) is 0 Å². The second-order valence-electron chi connectivity index (χ2n) is 2.97. The first kappa shape index (κ1) is 15.7. The average molecular weight is 239 g/mol. The van der Waals surface area contributed by atoms with Crippen LogP contribution in [0.25, 0.3) is 0 Å². The smallest absolute Gasteiger partial charge is 0.202 e. The minimum atomic E-state index is -2.06. The summed E-state index contributed by atoms with van der Waals surface area (Å²) in [6.45, 7) is 4.29. The van der Waals surface area contributed by atoms with Gasteiger partial charge in [0.15, 0.2) is 23.1 Å². The van der Waals surface area contributed by atoms with E-state index < -0.39 is 28.5 Å². The standard InChI is InChI=1S/C9H12O4.Mn/c1-5(10)9(6(2)11,7(3)12)8(4)13;/h1-4H3;. The van der Waals surface area contributed by atoms with E-state index >= 15 is 0 Å². The van der Waals surface area contributed by atoms with Gasteiger partial charge < -0.3 is 0 Å². The minimum Gasteiger partial charge on any atom is -0.298 e. The first-order valence-corrected chi connectivity index (χ1v) is 3.82. The van der Waals surface area contributed by atoms with Gasteiger partial charge in [0.2, 0.25) is 5.41 Å². The Kier molecular flexibility index (Phi) is 5.79. The molecule has 5 heteroatoms. The molecule has 79 valence electrons. The Labute approximate surface area is 92.9 Å². The van der Waals surface area contributed by atoms with Crippen molar-refractivity contribution in [1.82, 2.24) is 0 Å². The summed E-state index contributed by atoms with van der Waals surface area (Å²) in [6, 6.07) is 0. The molecule has 0 saturated heterocycles. The fourth-order valence-electron chi connectivity index (χ4n) is 1.49. The van der Waals surface area contributed by atoms with E-state index in [4.69, 9.17) is 0 Å². The van der Waals surface area contributed by atoms with Gasteiger partial charge in [-0.2, -0.15) is 0 Å². The third-order valence-electron chi connectivity index (χ3n) is 2.11. The Balaban J connectivity index is 0. The van der Waals surface area contributed by atoms with E-state index in [1.807, 2.05) is 0 Å². The third-order valence-corrected chi connectivity index (χ3v) is 2.11. The number of ketones is 4. The number of carbonyl (C=O) groups is 4. The van der Waals surface area contributed by atoms with Gasteiger partial charge in [-0.3, -0.25) is 19.2 Å². The zero-order valence-corrected chi connectivity index (χ0v) is 9.69. The first-order valence-electron chi connectivity index (χ1n) is 3.82. The predicted molar refractivity (Wildman–Crippen MR) is 45.2 cm³/mol. The van der Waals surface area contributed by atoms with Crippen LogP contribution in [0.2, 0.25) is 0 Å². The number of rotatable bonds is 4. The third kappa shape index (κ3) is 2.16. The van der Waals surface area contributed by atoms with Crippen molar-refractivity contribution in [3.05, 3.63) is 0 Å². The van der Waals surface area contributed by atoms with Crippen LogP contribution in [-0.4, -0.2) is 23.1 Å². The van der Waals surface area contributed by atoms with Crippen molar-refractivity contribution in [2.24, 2.45) is 5.41 Å². The second-order valence-corrected chi connectivity index (χ2v) is 2.97. The molecule has 0 heterocycles. The average Bonchev–Trinajstić information content (AvgIpc) is 1.82. The van der Waals surface area contributed by atoms with Gasteiger partial charge in [0.25, 0.3) is 0 Å². The Morgan fingerprint density at radius 1 is 0.643 bits per heavy atom. The summed E-state index contributed by atoms with van der Waals surface area (Å²) in [5.41, 5.74) is -2.06. The summed E-state index contributed by atoms with van der Waals surface area (Å²) < 4.78 is 0. The second kappa shape index (κ2) is 5.17. The zero-order valence-electron chi connectivity index (χ0n) is 8.51. The van der Waals surface area contributed by atoms with Crippen LogP contribution in [0.5, 0.6) is 0 Å². The van der Waals surface area contributed by atoms with Gasteiger partial charge in [0, 0.05) is 17.1 Å². The first-order chi connectivity index (χ1) is 5.77. The molecule has 0 rings (SSSR count). The van der Waals surface area contributed by atoms with E-state index in [1.165, 1.54) is 0 Å². The van der Waals surface area contributed by atoms with Gasteiger partial charge in [-0.1, -0.05) is 0 Å². The molecule has 0 saturated carbocycles. The molecular weight excluding hydrogens is 227 g/mol. The van der Waals surface area contributed by atoms with Crippen molar-refractivity contribution < 1.29 is 36.2 Å². The minimum absolute atomic E-state index is 0. The molecule has 0 atom stereocenters. The molecule has 4 nitrogen and oxygen atoms in total. The van der Waals surface area contributed by atoms with Crippen LogP contribution >= 0.6 is 0 Å². The van der Waals surface area contributed by atoms with Gasteiger partial charge in [0.1, 0.15) is 0 Å². The van der Waals surface area contributed by atoms with E-state index in [0.29, 0.717) is 0 Å². The summed E-state index contributed by atoms with van der Waals surface area (Å²) in [5, 5.41) is 0. The van der Waals surface area contributed by atoms with E-state index in [2.05, 4.69) is 0 Å². The van der Waals surface area contributed by atoms with Crippen LogP contribution in [0.4, 0.5) is 0 Å². The quantitative estimate of drug-likeness (QED) is 0.523. The maximum atomic E-state index is 11.1. The van der Waals surface area contributed by atoms with E-state index in [1.54, 1.807) is 0 Å². The fraction of sp³-hybridized carbons (Fsp3) is 0.556. The van der Waals surface area contributed by atoms with Gasteiger partial charge >= 0.3 is 0 Å². The monoisotopic (exact) mass is 239 g/mol. The van der Waals surface area contributed by atoms with Crippen molar-refractivity contribution in [1.29, 1.82) is 0 Å². The predicted octanol–water partition coefficient (Wildman–Crippen LogP) is 0.326. The SMILES string of the molecule is CC(=O)C(C(C)=O)(C(C)=O)C(C)=O.[Mn]. The largest absolute Gasteiger partial charge is 0.298 e. The summed E-state index contributed by atoms with van der Waals surface area (Å²) in [5.74, 6) is -2.83. The topological polar surface area (TPSA) is 68.3 Å². The molecule has 0 aliphatic carbocycles. The van der Waals surface area contributed by atoms with Crippen LogP contribution in [0, 0.1) is 5.41 Å². The maximum Gasteiger partial charge on any atom is 0.202 e. The number of Topliss-reactive ketones (excluding diaryl/α,β-unsaturated/α-hetero) is 4. The molecule has 0 spiro atoms. The van der Waals surface area contributed by atoms with Crippen LogP contribution in [0.15, 0.2) is 0 Å². The molecular formula is C9H12MnO4. The Bertz CT molecular complexity index is 232. The summed E-state index contributed by atoms with van der Waals surface area (Å²) >= 11 is 0. The van der Waals surface area contributed by atoms with Gasteiger partial charge in [-0.25, -0.2) is 0 Å². The molecule has 0 N–H and O–H groups in total. The fourth-order valence-corrected chi connectivity index (χ4v) is 1.49. The molecule has 0 fully saturated rings. The molecule has 0 aliphatic rings. The van der Waals surface area contributed by atoms with Gasteiger partial charge in [-0.05, 0) is 27.7 Å². The Hall–Kier alpha value is -0.801. The van der Waals surface area contributed by atoms with Crippen LogP contribution < -0.4 is 0 Å². The van der Waals surface area contributed by atoms with Crippen molar-refractivity contribution in [2.75, 3.05) is 0 Å². The zero-order chi connectivity index (χ0) is 10.8. The number of carbonyl (C=O) groups excluding carboxylic acids is 4. The molecule has 0 aliphatic heterocycles.